The van der Waals surface area contributed by atoms with Gasteiger partial charge in [-0.1, -0.05) is 12.1 Å². The Hall–Kier alpha value is -1.14. The van der Waals surface area contributed by atoms with E-state index in [1.165, 1.54) is 5.56 Å². The van der Waals surface area contributed by atoms with Crippen LogP contribution in [0.5, 0.6) is 5.75 Å². The molecule has 0 bridgehead atoms. The monoisotopic (exact) mass is 294 g/mol. The maximum atomic E-state index is 5.73. The molecule has 1 aromatic rings. The second-order valence-corrected chi connectivity index (χ2v) is 5.37. The minimum atomic E-state index is 0.282. The molecule has 118 valence electrons. The Kier molecular flexibility index (Phi) is 6.95. The van der Waals surface area contributed by atoms with Gasteiger partial charge in [0.25, 0.3) is 0 Å². The van der Waals surface area contributed by atoms with Crippen LogP contribution in [0.3, 0.4) is 0 Å². The summed E-state index contributed by atoms with van der Waals surface area (Å²) in [5, 5.41) is 3.45. The number of benzene rings is 1. The summed E-state index contributed by atoms with van der Waals surface area (Å²) in [7, 11) is 3.81. The second kappa shape index (κ2) is 9.00. The largest absolute Gasteiger partial charge is 0.491 e. The summed E-state index contributed by atoms with van der Waals surface area (Å²) in [6, 6.07) is 8.16. The summed E-state index contributed by atoms with van der Waals surface area (Å²) >= 11 is 0. The van der Waals surface area contributed by atoms with Crippen molar-refractivity contribution < 1.29 is 14.2 Å². The lowest BCUT2D eigenvalue weighted by atomic mass is 10.2. The molecule has 1 aromatic carbocycles. The molecule has 1 aliphatic rings. The van der Waals surface area contributed by atoms with Gasteiger partial charge >= 0.3 is 0 Å². The summed E-state index contributed by atoms with van der Waals surface area (Å²) in [6.07, 6.45) is 0.282. The van der Waals surface area contributed by atoms with Gasteiger partial charge in [-0.15, -0.1) is 0 Å². The van der Waals surface area contributed by atoms with Crippen LogP contribution in [-0.2, 0) is 16.0 Å². The lowest BCUT2D eigenvalue weighted by Crippen LogP contribution is -2.44. The molecule has 2 rings (SSSR count). The molecule has 1 fully saturated rings. The zero-order chi connectivity index (χ0) is 14.9. The molecule has 1 saturated heterocycles. The number of morpholine rings is 1. The van der Waals surface area contributed by atoms with E-state index >= 15 is 0 Å². The highest BCUT2D eigenvalue weighted by Crippen LogP contribution is 2.13. The van der Waals surface area contributed by atoms with E-state index in [1.807, 2.05) is 12.1 Å². The summed E-state index contributed by atoms with van der Waals surface area (Å²) in [5.41, 5.74) is 1.22. The lowest BCUT2D eigenvalue weighted by molar-refractivity contribution is -0.0182. The zero-order valence-electron chi connectivity index (χ0n) is 13.0. The van der Waals surface area contributed by atoms with Gasteiger partial charge < -0.3 is 24.4 Å². The van der Waals surface area contributed by atoms with Crippen molar-refractivity contribution in [1.29, 1.82) is 0 Å². The van der Waals surface area contributed by atoms with Crippen LogP contribution >= 0.6 is 0 Å². The smallest absolute Gasteiger partial charge is 0.119 e. The van der Waals surface area contributed by atoms with Gasteiger partial charge in [0.15, 0.2) is 0 Å². The quantitative estimate of drug-likeness (QED) is 0.728. The first-order chi connectivity index (χ1) is 10.3. The highest BCUT2D eigenvalue weighted by atomic mass is 16.5. The normalized spacial score (nSPS) is 19.6. The van der Waals surface area contributed by atoms with E-state index in [-0.39, 0.29) is 6.10 Å². The van der Waals surface area contributed by atoms with E-state index in [0.717, 1.165) is 38.5 Å². The van der Waals surface area contributed by atoms with E-state index in [4.69, 9.17) is 14.2 Å². The van der Waals surface area contributed by atoms with Crippen LogP contribution in [-0.4, -0.2) is 64.6 Å². The van der Waals surface area contributed by atoms with Crippen LogP contribution in [0.1, 0.15) is 5.56 Å². The predicted octanol–water partition coefficient (Wildman–Crippen LogP) is 1.13. The zero-order valence-corrected chi connectivity index (χ0v) is 13.0. The fraction of sp³-hybridized carbons (Fsp3) is 0.625. The molecule has 0 amide bonds. The number of likely N-dealkylation sites (N-methyl/N-ethyl adjacent to an activating group) is 1. The van der Waals surface area contributed by atoms with Gasteiger partial charge in [0.2, 0.25) is 0 Å². The van der Waals surface area contributed by atoms with Crippen molar-refractivity contribution in [2.75, 3.05) is 53.6 Å². The Labute approximate surface area is 127 Å². The standard InChI is InChI=1S/C16H26N2O3/c1-18-6-7-20-16(13-18)12-17-11-14-4-3-5-15(10-14)21-9-8-19-2/h3-5,10,16-17H,6-9,11-13H2,1-2H3/t16-/m0/s1. The fourth-order valence-electron chi connectivity index (χ4n) is 2.36. The van der Waals surface area contributed by atoms with E-state index in [0.29, 0.717) is 13.2 Å². The molecule has 1 aliphatic heterocycles. The van der Waals surface area contributed by atoms with E-state index < -0.39 is 0 Å². The Morgan fingerprint density at radius 1 is 1.38 bits per heavy atom. The molecule has 1 N–H and O–H groups in total. The van der Waals surface area contributed by atoms with Crippen molar-refractivity contribution in [1.82, 2.24) is 10.2 Å². The molecule has 1 heterocycles. The fourth-order valence-corrected chi connectivity index (χ4v) is 2.36. The van der Waals surface area contributed by atoms with Gasteiger partial charge in [0.05, 0.1) is 19.3 Å². The summed E-state index contributed by atoms with van der Waals surface area (Å²) in [6.45, 7) is 5.73. The third kappa shape index (κ3) is 6.01. The van der Waals surface area contributed by atoms with Crippen molar-refractivity contribution in [2.24, 2.45) is 0 Å². The molecule has 0 radical (unpaired) electrons. The van der Waals surface area contributed by atoms with Crippen LogP contribution < -0.4 is 10.1 Å². The number of hydrogen-bond acceptors (Lipinski definition) is 5. The van der Waals surface area contributed by atoms with Gasteiger partial charge in [-0.25, -0.2) is 0 Å². The van der Waals surface area contributed by atoms with Crippen LogP contribution in [0.15, 0.2) is 24.3 Å². The number of methoxy groups -OCH3 is 1. The minimum absolute atomic E-state index is 0.282. The third-order valence-electron chi connectivity index (χ3n) is 3.50. The molecule has 0 aromatic heterocycles. The summed E-state index contributed by atoms with van der Waals surface area (Å²) < 4.78 is 16.3. The van der Waals surface area contributed by atoms with Crippen LogP contribution in [0, 0.1) is 0 Å². The first-order valence-electron chi connectivity index (χ1n) is 7.49. The maximum absolute atomic E-state index is 5.73. The molecular formula is C16H26N2O3. The van der Waals surface area contributed by atoms with Crippen molar-refractivity contribution >= 4 is 0 Å². The molecule has 0 saturated carbocycles. The number of nitrogens with one attached hydrogen (secondary N) is 1. The van der Waals surface area contributed by atoms with Crippen molar-refractivity contribution in [3.05, 3.63) is 29.8 Å². The number of nitrogens with zero attached hydrogens (tertiary/aromatic N) is 1. The number of ether oxygens (including phenoxy) is 3. The highest BCUT2D eigenvalue weighted by molar-refractivity contribution is 5.28. The molecule has 0 unspecified atom stereocenters. The predicted molar refractivity (Wildman–Crippen MR) is 82.8 cm³/mol. The Bertz CT molecular complexity index is 414. The molecule has 0 aliphatic carbocycles. The van der Waals surface area contributed by atoms with Gasteiger partial charge in [0.1, 0.15) is 12.4 Å². The number of hydrogen-bond donors (Lipinski definition) is 1. The maximum Gasteiger partial charge on any atom is 0.119 e. The van der Waals surface area contributed by atoms with Crippen LogP contribution in [0.4, 0.5) is 0 Å². The number of rotatable bonds is 8. The Morgan fingerprint density at radius 3 is 3.10 bits per heavy atom. The van der Waals surface area contributed by atoms with Crippen LogP contribution in [0.25, 0.3) is 0 Å². The lowest BCUT2D eigenvalue weighted by Gasteiger charge is -2.30. The molecule has 0 spiro atoms. The molecule has 1 atom stereocenters. The minimum Gasteiger partial charge on any atom is -0.491 e. The third-order valence-corrected chi connectivity index (χ3v) is 3.50. The molecule has 5 nitrogen and oxygen atoms in total. The first-order valence-corrected chi connectivity index (χ1v) is 7.49. The van der Waals surface area contributed by atoms with Crippen molar-refractivity contribution in [2.45, 2.75) is 12.6 Å². The van der Waals surface area contributed by atoms with Gasteiger partial charge in [0, 0.05) is 33.3 Å². The average Bonchev–Trinajstić information content (AvgIpc) is 2.48. The SMILES string of the molecule is COCCOc1cccc(CNC[C@H]2CN(C)CCO2)c1. The summed E-state index contributed by atoms with van der Waals surface area (Å²) in [4.78, 5) is 2.31. The topological polar surface area (TPSA) is 43.0 Å². The molecule has 21 heavy (non-hydrogen) atoms. The average molecular weight is 294 g/mol. The summed E-state index contributed by atoms with van der Waals surface area (Å²) in [5.74, 6) is 0.889. The van der Waals surface area contributed by atoms with E-state index in [2.05, 4.69) is 29.4 Å². The first kappa shape index (κ1) is 16.2. The Balaban J connectivity index is 1.71. The van der Waals surface area contributed by atoms with Crippen molar-refractivity contribution in [3.8, 4) is 5.75 Å². The van der Waals surface area contributed by atoms with Gasteiger partial charge in [-0.05, 0) is 24.7 Å². The Morgan fingerprint density at radius 2 is 2.29 bits per heavy atom. The second-order valence-electron chi connectivity index (χ2n) is 5.37. The molecule has 5 heteroatoms. The van der Waals surface area contributed by atoms with Crippen LogP contribution in [0.2, 0.25) is 0 Å². The van der Waals surface area contributed by atoms with E-state index in [9.17, 15) is 0 Å². The van der Waals surface area contributed by atoms with Gasteiger partial charge in [-0.2, -0.15) is 0 Å². The van der Waals surface area contributed by atoms with Gasteiger partial charge in [-0.3, -0.25) is 0 Å². The molecular weight excluding hydrogens is 268 g/mol. The van der Waals surface area contributed by atoms with E-state index in [1.54, 1.807) is 7.11 Å². The highest BCUT2D eigenvalue weighted by Gasteiger charge is 2.16. The van der Waals surface area contributed by atoms with Crippen molar-refractivity contribution in [3.63, 3.8) is 0 Å².